The lowest BCUT2D eigenvalue weighted by molar-refractivity contribution is 0.442. The van der Waals surface area contributed by atoms with E-state index in [0.29, 0.717) is 23.4 Å². The van der Waals surface area contributed by atoms with Crippen molar-refractivity contribution in [1.29, 1.82) is 0 Å². The minimum atomic E-state index is 0.370. The van der Waals surface area contributed by atoms with Gasteiger partial charge in [-0.25, -0.2) is 4.98 Å². The quantitative estimate of drug-likeness (QED) is 0.635. The van der Waals surface area contributed by atoms with Gasteiger partial charge in [0.25, 0.3) is 0 Å². The van der Waals surface area contributed by atoms with Crippen LogP contribution in [0.5, 0.6) is 11.6 Å². The standard InChI is InChI=1S/C20H22BrN5O/c1-2-13-6-3-4-11-26(13)19-17(22)20(25-12-24-19)27-16-9-8-15(21)14-7-5-10-23-18(14)16/h5,7-10,12-13H,2-4,6,11,22H2,1H3. The zero-order valence-corrected chi connectivity index (χ0v) is 16.8. The Kier molecular flexibility index (Phi) is 5.11. The molecule has 0 bridgehead atoms. The summed E-state index contributed by atoms with van der Waals surface area (Å²) in [4.78, 5) is 15.5. The van der Waals surface area contributed by atoms with Crippen LogP contribution in [0.4, 0.5) is 11.5 Å². The number of nitrogens with two attached hydrogens (primary N) is 1. The fourth-order valence-electron chi connectivity index (χ4n) is 3.68. The summed E-state index contributed by atoms with van der Waals surface area (Å²) in [6.07, 6.45) is 7.91. The first-order valence-corrected chi connectivity index (χ1v) is 10.1. The van der Waals surface area contributed by atoms with E-state index in [1.54, 1.807) is 6.20 Å². The predicted octanol–water partition coefficient (Wildman–Crippen LogP) is 4.93. The van der Waals surface area contributed by atoms with Crippen LogP contribution in [0, 0.1) is 0 Å². The summed E-state index contributed by atoms with van der Waals surface area (Å²) in [7, 11) is 0. The lowest BCUT2D eigenvalue weighted by Gasteiger charge is -2.36. The maximum atomic E-state index is 6.43. The monoisotopic (exact) mass is 427 g/mol. The van der Waals surface area contributed by atoms with E-state index in [-0.39, 0.29) is 0 Å². The van der Waals surface area contributed by atoms with E-state index in [2.05, 4.69) is 42.7 Å². The Morgan fingerprint density at radius 2 is 2.11 bits per heavy atom. The Morgan fingerprint density at radius 3 is 2.96 bits per heavy atom. The predicted molar refractivity (Wildman–Crippen MR) is 111 cm³/mol. The van der Waals surface area contributed by atoms with Gasteiger partial charge in [0.05, 0.1) is 0 Å². The maximum absolute atomic E-state index is 6.43. The molecule has 3 heterocycles. The Balaban J connectivity index is 1.71. The van der Waals surface area contributed by atoms with Crippen molar-refractivity contribution in [2.75, 3.05) is 17.2 Å². The molecule has 1 saturated heterocycles. The number of piperidine rings is 1. The second-order valence-corrected chi connectivity index (χ2v) is 7.57. The van der Waals surface area contributed by atoms with E-state index >= 15 is 0 Å². The number of hydrogen-bond donors (Lipinski definition) is 1. The number of rotatable bonds is 4. The van der Waals surface area contributed by atoms with Gasteiger partial charge in [0.2, 0.25) is 5.88 Å². The molecule has 1 aromatic carbocycles. The fraction of sp³-hybridized carbons (Fsp3) is 0.350. The topological polar surface area (TPSA) is 77.2 Å². The molecule has 140 valence electrons. The number of aromatic nitrogens is 3. The van der Waals surface area contributed by atoms with Gasteiger partial charge in [0.15, 0.2) is 11.6 Å². The number of fused-ring (bicyclic) bond motifs is 1. The third kappa shape index (κ3) is 3.43. The van der Waals surface area contributed by atoms with Crippen molar-refractivity contribution in [2.45, 2.75) is 38.6 Å². The first kappa shape index (κ1) is 18.0. The van der Waals surface area contributed by atoms with E-state index in [9.17, 15) is 0 Å². The minimum Gasteiger partial charge on any atom is -0.435 e. The van der Waals surface area contributed by atoms with Gasteiger partial charge in [-0.1, -0.05) is 28.9 Å². The molecule has 0 radical (unpaired) electrons. The first-order valence-electron chi connectivity index (χ1n) is 9.27. The van der Waals surface area contributed by atoms with Gasteiger partial charge < -0.3 is 15.4 Å². The summed E-state index contributed by atoms with van der Waals surface area (Å²) < 4.78 is 7.06. The van der Waals surface area contributed by atoms with Crippen LogP contribution in [0.15, 0.2) is 41.3 Å². The maximum Gasteiger partial charge on any atom is 0.248 e. The van der Waals surface area contributed by atoms with Gasteiger partial charge in [0.1, 0.15) is 17.5 Å². The van der Waals surface area contributed by atoms with Crippen LogP contribution < -0.4 is 15.4 Å². The normalized spacial score (nSPS) is 17.3. The fourth-order valence-corrected chi connectivity index (χ4v) is 4.14. The van der Waals surface area contributed by atoms with Gasteiger partial charge in [-0.2, -0.15) is 4.98 Å². The smallest absolute Gasteiger partial charge is 0.248 e. The average Bonchev–Trinajstić information content (AvgIpc) is 2.72. The summed E-state index contributed by atoms with van der Waals surface area (Å²) in [6, 6.07) is 8.16. The number of ether oxygens (including phenoxy) is 1. The van der Waals surface area contributed by atoms with Crippen molar-refractivity contribution < 1.29 is 4.74 Å². The minimum absolute atomic E-state index is 0.370. The molecule has 1 aliphatic heterocycles. The van der Waals surface area contributed by atoms with Crippen molar-refractivity contribution in [2.24, 2.45) is 0 Å². The summed E-state index contributed by atoms with van der Waals surface area (Å²) in [5, 5.41) is 0.977. The first-order chi connectivity index (χ1) is 13.2. The van der Waals surface area contributed by atoms with Crippen LogP contribution in [0.2, 0.25) is 0 Å². The van der Waals surface area contributed by atoms with E-state index in [4.69, 9.17) is 10.5 Å². The number of halogens is 1. The van der Waals surface area contributed by atoms with Crippen molar-refractivity contribution in [3.63, 3.8) is 0 Å². The number of nitrogen functional groups attached to an aromatic ring is 1. The molecule has 0 amide bonds. The molecule has 1 aliphatic rings. The molecule has 3 aromatic rings. The highest BCUT2D eigenvalue weighted by Crippen LogP contribution is 2.37. The van der Waals surface area contributed by atoms with Gasteiger partial charge in [0, 0.05) is 28.6 Å². The van der Waals surface area contributed by atoms with Gasteiger partial charge in [-0.15, -0.1) is 0 Å². The Bertz CT molecular complexity index is 964. The second-order valence-electron chi connectivity index (χ2n) is 6.71. The summed E-state index contributed by atoms with van der Waals surface area (Å²) in [6.45, 7) is 3.17. The molecule has 27 heavy (non-hydrogen) atoms. The lowest BCUT2D eigenvalue weighted by Crippen LogP contribution is -2.40. The van der Waals surface area contributed by atoms with Crippen molar-refractivity contribution in [3.8, 4) is 11.6 Å². The molecule has 2 N–H and O–H groups in total. The third-order valence-electron chi connectivity index (χ3n) is 5.08. The highest BCUT2D eigenvalue weighted by atomic mass is 79.9. The zero-order valence-electron chi connectivity index (χ0n) is 15.2. The van der Waals surface area contributed by atoms with E-state index < -0.39 is 0 Å². The van der Waals surface area contributed by atoms with Crippen molar-refractivity contribution in [1.82, 2.24) is 15.0 Å². The van der Waals surface area contributed by atoms with E-state index in [1.165, 1.54) is 12.7 Å². The molecule has 7 heteroatoms. The molecular weight excluding hydrogens is 406 g/mol. The van der Waals surface area contributed by atoms with E-state index in [0.717, 1.165) is 47.0 Å². The van der Waals surface area contributed by atoms with Crippen LogP contribution >= 0.6 is 15.9 Å². The molecule has 2 aromatic heterocycles. The number of benzene rings is 1. The molecular formula is C20H22BrN5O. The number of anilines is 2. The van der Waals surface area contributed by atoms with Crippen LogP contribution in [-0.4, -0.2) is 27.5 Å². The van der Waals surface area contributed by atoms with E-state index in [1.807, 2.05) is 24.3 Å². The molecule has 0 spiro atoms. The van der Waals surface area contributed by atoms with Crippen molar-refractivity contribution >= 4 is 38.3 Å². The van der Waals surface area contributed by atoms with Crippen LogP contribution in [0.1, 0.15) is 32.6 Å². The largest absolute Gasteiger partial charge is 0.435 e. The van der Waals surface area contributed by atoms with Crippen LogP contribution in [0.25, 0.3) is 10.9 Å². The average molecular weight is 428 g/mol. The summed E-state index contributed by atoms with van der Waals surface area (Å²) >= 11 is 3.56. The Labute approximate surface area is 166 Å². The molecule has 1 fully saturated rings. The molecule has 6 nitrogen and oxygen atoms in total. The molecule has 1 atom stereocenters. The molecule has 0 saturated carbocycles. The number of pyridine rings is 1. The Hall–Kier alpha value is -2.41. The zero-order chi connectivity index (χ0) is 18.8. The highest BCUT2D eigenvalue weighted by molar-refractivity contribution is 9.10. The SMILES string of the molecule is CCC1CCCCN1c1ncnc(Oc2ccc(Br)c3cccnc23)c1N. The Morgan fingerprint density at radius 1 is 1.22 bits per heavy atom. The van der Waals surface area contributed by atoms with Gasteiger partial charge in [-0.05, 0) is 43.9 Å². The highest BCUT2D eigenvalue weighted by Gasteiger charge is 2.25. The van der Waals surface area contributed by atoms with Crippen LogP contribution in [0.3, 0.4) is 0 Å². The summed E-state index contributed by atoms with van der Waals surface area (Å²) in [5.74, 6) is 1.76. The molecule has 4 rings (SSSR count). The van der Waals surface area contributed by atoms with Gasteiger partial charge in [-0.3, -0.25) is 4.98 Å². The summed E-state index contributed by atoms with van der Waals surface area (Å²) in [5.41, 5.74) is 7.67. The number of nitrogens with zero attached hydrogens (tertiary/aromatic N) is 4. The van der Waals surface area contributed by atoms with Crippen LogP contribution in [-0.2, 0) is 0 Å². The van der Waals surface area contributed by atoms with Crippen molar-refractivity contribution in [3.05, 3.63) is 41.3 Å². The lowest BCUT2D eigenvalue weighted by atomic mass is 10.00. The molecule has 1 unspecified atom stereocenters. The molecule has 0 aliphatic carbocycles. The second kappa shape index (κ2) is 7.68. The number of hydrogen-bond acceptors (Lipinski definition) is 6. The third-order valence-corrected chi connectivity index (χ3v) is 5.77. The van der Waals surface area contributed by atoms with Gasteiger partial charge >= 0.3 is 0 Å².